The second-order valence-electron chi connectivity index (χ2n) is 6.97. The predicted octanol–water partition coefficient (Wildman–Crippen LogP) is 3.30. The van der Waals surface area contributed by atoms with E-state index in [2.05, 4.69) is 4.90 Å². The molecule has 28 heavy (non-hydrogen) atoms. The average Bonchev–Trinajstić information content (AvgIpc) is 3.26. The zero-order valence-electron chi connectivity index (χ0n) is 15.7. The van der Waals surface area contributed by atoms with E-state index in [4.69, 9.17) is 0 Å². The van der Waals surface area contributed by atoms with Gasteiger partial charge in [0.15, 0.2) is 0 Å². The van der Waals surface area contributed by atoms with E-state index in [-0.39, 0.29) is 5.57 Å². The lowest BCUT2D eigenvalue weighted by Gasteiger charge is -2.31. The Balaban J connectivity index is 1.66. The number of para-hydroxylation sites is 1. The summed E-state index contributed by atoms with van der Waals surface area (Å²) in [6.45, 7) is 2.10. The summed E-state index contributed by atoms with van der Waals surface area (Å²) in [5.74, 6) is -1.20. The number of likely N-dealkylation sites (N-methyl/N-ethyl adjacent to an activating group) is 1. The van der Waals surface area contributed by atoms with E-state index in [1.165, 1.54) is 19.9 Å². The molecular formula is C22H21N3O3. The lowest BCUT2D eigenvalue weighted by atomic mass is 10.1. The van der Waals surface area contributed by atoms with Crippen molar-refractivity contribution in [3.8, 4) is 0 Å². The Hall–Kier alpha value is -3.41. The molecule has 2 heterocycles. The third kappa shape index (κ3) is 3.17. The molecule has 0 atom stereocenters. The molecule has 4 rings (SSSR count). The van der Waals surface area contributed by atoms with Crippen molar-refractivity contribution >= 4 is 35.3 Å². The molecule has 2 aliphatic rings. The zero-order valence-corrected chi connectivity index (χ0v) is 15.7. The number of benzene rings is 2. The van der Waals surface area contributed by atoms with Gasteiger partial charge in [-0.3, -0.25) is 14.5 Å². The maximum absolute atomic E-state index is 13.0. The van der Waals surface area contributed by atoms with Gasteiger partial charge in [0.1, 0.15) is 5.57 Å². The minimum atomic E-state index is -0.650. The van der Waals surface area contributed by atoms with Crippen molar-refractivity contribution in [3.63, 3.8) is 0 Å². The molecular weight excluding hydrogens is 354 g/mol. The molecule has 0 radical (unpaired) electrons. The Kier molecular flexibility index (Phi) is 4.69. The maximum Gasteiger partial charge on any atom is 0.338 e. The normalized spacial score (nSPS) is 19.1. The van der Waals surface area contributed by atoms with Crippen molar-refractivity contribution in [2.75, 3.05) is 29.9 Å². The molecule has 0 bridgehead atoms. The second kappa shape index (κ2) is 7.31. The Bertz CT molecular complexity index is 945. The van der Waals surface area contributed by atoms with Gasteiger partial charge in [0.2, 0.25) is 0 Å². The summed E-state index contributed by atoms with van der Waals surface area (Å²) in [6, 6.07) is 15.8. The molecule has 2 aliphatic heterocycles. The topological polar surface area (TPSA) is 60.9 Å². The molecule has 0 aromatic heterocycles. The van der Waals surface area contributed by atoms with Crippen LogP contribution >= 0.6 is 0 Å². The molecule has 2 fully saturated rings. The molecule has 0 spiro atoms. The minimum Gasteiger partial charge on any atom is -0.372 e. The molecule has 142 valence electrons. The lowest BCUT2D eigenvalue weighted by Crippen LogP contribution is -2.55. The number of hydrogen-bond acceptors (Lipinski definition) is 4. The van der Waals surface area contributed by atoms with Crippen LogP contribution in [0.4, 0.5) is 16.2 Å². The average molecular weight is 375 g/mol. The van der Waals surface area contributed by atoms with E-state index in [0.717, 1.165) is 34.1 Å². The van der Waals surface area contributed by atoms with Crippen molar-refractivity contribution in [2.24, 2.45) is 0 Å². The first-order valence-corrected chi connectivity index (χ1v) is 9.34. The molecule has 0 N–H and O–H groups in total. The number of imide groups is 2. The maximum atomic E-state index is 13.0. The van der Waals surface area contributed by atoms with Crippen LogP contribution in [0.5, 0.6) is 0 Å². The van der Waals surface area contributed by atoms with Gasteiger partial charge in [0.05, 0.1) is 5.69 Å². The predicted molar refractivity (Wildman–Crippen MR) is 108 cm³/mol. The summed E-state index contributed by atoms with van der Waals surface area (Å²) < 4.78 is 0. The van der Waals surface area contributed by atoms with Crippen molar-refractivity contribution in [2.45, 2.75) is 12.8 Å². The van der Waals surface area contributed by atoms with Crippen molar-refractivity contribution in [3.05, 3.63) is 65.7 Å². The Morgan fingerprint density at radius 1 is 0.786 bits per heavy atom. The molecule has 6 heteroatoms. The second-order valence-corrected chi connectivity index (χ2v) is 6.97. The van der Waals surface area contributed by atoms with Crippen LogP contribution in [0.25, 0.3) is 6.08 Å². The van der Waals surface area contributed by atoms with Gasteiger partial charge in [-0.25, -0.2) is 9.69 Å². The van der Waals surface area contributed by atoms with E-state index in [1.807, 2.05) is 24.3 Å². The summed E-state index contributed by atoms with van der Waals surface area (Å²) in [5.41, 5.74) is 2.29. The van der Waals surface area contributed by atoms with Crippen LogP contribution in [0, 0.1) is 0 Å². The third-order valence-corrected chi connectivity index (χ3v) is 5.14. The number of barbiturate groups is 1. The molecule has 0 unspecified atom stereocenters. The first-order chi connectivity index (χ1) is 13.6. The number of carbonyl (C=O) groups is 3. The van der Waals surface area contributed by atoms with Crippen molar-refractivity contribution < 1.29 is 14.4 Å². The number of carbonyl (C=O) groups excluding carboxylic acids is 3. The zero-order chi connectivity index (χ0) is 19.7. The van der Waals surface area contributed by atoms with Gasteiger partial charge in [-0.2, -0.15) is 0 Å². The van der Waals surface area contributed by atoms with E-state index in [0.29, 0.717) is 5.69 Å². The van der Waals surface area contributed by atoms with Gasteiger partial charge < -0.3 is 4.90 Å². The number of nitrogens with zero attached hydrogens (tertiary/aromatic N) is 3. The minimum absolute atomic E-state index is 0.0279. The van der Waals surface area contributed by atoms with E-state index < -0.39 is 17.8 Å². The number of rotatable bonds is 3. The van der Waals surface area contributed by atoms with Crippen LogP contribution in [-0.2, 0) is 9.59 Å². The standard InChI is InChI=1S/C22H21N3O3/c1-23-20(26)19(21(27)25(22(23)28)18-7-3-2-4-8-18)15-16-9-11-17(12-10-16)24-13-5-6-14-24/h2-4,7-12,15H,5-6,13-14H2,1H3. The molecule has 4 amide bonds. The summed E-state index contributed by atoms with van der Waals surface area (Å²) >= 11 is 0. The molecule has 0 saturated carbocycles. The lowest BCUT2D eigenvalue weighted by molar-refractivity contribution is -0.128. The van der Waals surface area contributed by atoms with Crippen LogP contribution in [0.3, 0.4) is 0 Å². The van der Waals surface area contributed by atoms with Gasteiger partial charge >= 0.3 is 6.03 Å². The Labute approximate surface area is 163 Å². The Morgan fingerprint density at radius 3 is 2.07 bits per heavy atom. The van der Waals surface area contributed by atoms with Crippen LogP contribution in [0.2, 0.25) is 0 Å². The van der Waals surface area contributed by atoms with E-state index in [1.54, 1.807) is 36.4 Å². The highest BCUT2D eigenvalue weighted by molar-refractivity contribution is 6.39. The van der Waals surface area contributed by atoms with Gasteiger partial charge in [-0.15, -0.1) is 0 Å². The fourth-order valence-corrected chi connectivity index (χ4v) is 3.57. The van der Waals surface area contributed by atoms with Gasteiger partial charge in [0.25, 0.3) is 11.8 Å². The molecule has 2 saturated heterocycles. The number of urea groups is 1. The highest BCUT2D eigenvalue weighted by atomic mass is 16.2. The highest BCUT2D eigenvalue weighted by Gasteiger charge is 2.40. The number of anilines is 2. The summed E-state index contributed by atoms with van der Waals surface area (Å²) in [7, 11) is 1.39. The molecule has 0 aliphatic carbocycles. The monoisotopic (exact) mass is 375 g/mol. The fourth-order valence-electron chi connectivity index (χ4n) is 3.57. The first-order valence-electron chi connectivity index (χ1n) is 9.34. The van der Waals surface area contributed by atoms with Crippen LogP contribution in [-0.4, -0.2) is 42.9 Å². The van der Waals surface area contributed by atoms with Crippen LogP contribution in [0.1, 0.15) is 18.4 Å². The first kappa shape index (κ1) is 18.0. The van der Waals surface area contributed by atoms with E-state index >= 15 is 0 Å². The van der Waals surface area contributed by atoms with E-state index in [9.17, 15) is 14.4 Å². The quantitative estimate of drug-likeness (QED) is 0.610. The molecule has 2 aromatic rings. The summed E-state index contributed by atoms with van der Waals surface area (Å²) in [6.07, 6.45) is 3.95. The summed E-state index contributed by atoms with van der Waals surface area (Å²) in [5, 5.41) is 0. The largest absolute Gasteiger partial charge is 0.372 e. The van der Waals surface area contributed by atoms with Gasteiger partial charge in [0, 0.05) is 25.8 Å². The van der Waals surface area contributed by atoms with Crippen LogP contribution < -0.4 is 9.80 Å². The Morgan fingerprint density at radius 2 is 1.43 bits per heavy atom. The third-order valence-electron chi connectivity index (χ3n) is 5.14. The SMILES string of the molecule is CN1C(=O)C(=Cc2ccc(N3CCCC3)cc2)C(=O)N(c2ccccc2)C1=O. The van der Waals surface area contributed by atoms with Gasteiger partial charge in [-0.1, -0.05) is 30.3 Å². The van der Waals surface area contributed by atoms with Crippen molar-refractivity contribution in [1.29, 1.82) is 0 Å². The molecule has 6 nitrogen and oxygen atoms in total. The fraction of sp³-hybridized carbons (Fsp3) is 0.227. The summed E-state index contributed by atoms with van der Waals surface area (Å²) in [4.78, 5) is 42.4. The highest BCUT2D eigenvalue weighted by Crippen LogP contribution is 2.26. The molecule has 2 aromatic carbocycles. The number of amides is 4. The van der Waals surface area contributed by atoms with Gasteiger partial charge in [-0.05, 0) is 48.7 Å². The van der Waals surface area contributed by atoms with Crippen molar-refractivity contribution in [1.82, 2.24) is 4.90 Å². The number of hydrogen-bond donors (Lipinski definition) is 0. The smallest absolute Gasteiger partial charge is 0.338 e. The van der Waals surface area contributed by atoms with Crippen LogP contribution in [0.15, 0.2) is 60.2 Å².